The first-order valence-corrected chi connectivity index (χ1v) is 4.50. The van der Waals surface area contributed by atoms with Crippen LogP contribution in [0.25, 0.3) is 0 Å². The van der Waals surface area contributed by atoms with Crippen molar-refractivity contribution in [1.82, 2.24) is 0 Å². The molecule has 1 aliphatic carbocycles. The van der Waals surface area contributed by atoms with Crippen LogP contribution in [0.4, 0.5) is 0 Å². The maximum atomic E-state index is 5.57. The Labute approximate surface area is 68.4 Å². The van der Waals surface area contributed by atoms with Crippen molar-refractivity contribution in [3.63, 3.8) is 0 Å². The number of epoxide rings is 1. The highest BCUT2D eigenvalue weighted by molar-refractivity contribution is 5.23. The van der Waals surface area contributed by atoms with Crippen LogP contribution >= 0.6 is 0 Å². The van der Waals surface area contributed by atoms with Crippen LogP contribution in [-0.4, -0.2) is 11.7 Å². The van der Waals surface area contributed by atoms with Gasteiger partial charge in [-0.2, -0.15) is 0 Å². The van der Waals surface area contributed by atoms with Crippen molar-refractivity contribution in [2.24, 2.45) is 5.92 Å². The lowest BCUT2D eigenvalue weighted by molar-refractivity contribution is 0.305. The first-order valence-electron chi connectivity index (χ1n) is 4.50. The lowest BCUT2D eigenvalue weighted by atomic mass is 9.86. The van der Waals surface area contributed by atoms with Crippen LogP contribution < -0.4 is 0 Å². The van der Waals surface area contributed by atoms with E-state index in [-0.39, 0.29) is 5.60 Å². The lowest BCUT2D eigenvalue weighted by Crippen LogP contribution is -2.15. The Morgan fingerprint density at radius 2 is 2.36 bits per heavy atom. The molecule has 0 aromatic rings. The Morgan fingerprint density at radius 3 is 2.91 bits per heavy atom. The molecule has 1 heterocycles. The molecule has 0 aromatic heterocycles. The van der Waals surface area contributed by atoms with Gasteiger partial charge < -0.3 is 4.74 Å². The lowest BCUT2D eigenvalue weighted by Gasteiger charge is -2.16. The number of rotatable bonds is 1. The smallest absolute Gasteiger partial charge is 0.105 e. The molecular formula is C10H16O. The molecule has 2 atom stereocenters. The van der Waals surface area contributed by atoms with Crippen molar-refractivity contribution < 1.29 is 4.74 Å². The summed E-state index contributed by atoms with van der Waals surface area (Å²) < 4.78 is 5.57. The van der Waals surface area contributed by atoms with Crippen molar-refractivity contribution in [1.29, 1.82) is 0 Å². The Kier molecular flexibility index (Phi) is 1.40. The van der Waals surface area contributed by atoms with Gasteiger partial charge >= 0.3 is 0 Å². The summed E-state index contributed by atoms with van der Waals surface area (Å²) in [5.74, 6) is 0.712. The Balaban J connectivity index is 2.11. The van der Waals surface area contributed by atoms with Crippen LogP contribution in [0, 0.1) is 5.92 Å². The fourth-order valence-corrected chi connectivity index (χ4v) is 1.82. The van der Waals surface area contributed by atoms with Crippen molar-refractivity contribution in [3.8, 4) is 0 Å². The molecule has 1 nitrogen and oxygen atoms in total. The molecule has 2 aliphatic rings. The van der Waals surface area contributed by atoms with Crippen LogP contribution in [0.1, 0.15) is 33.6 Å². The molecule has 0 N–H and O–H groups in total. The second kappa shape index (κ2) is 2.10. The zero-order chi connectivity index (χ0) is 8.06. The fourth-order valence-electron chi connectivity index (χ4n) is 1.82. The van der Waals surface area contributed by atoms with E-state index in [2.05, 4.69) is 26.8 Å². The average Bonchev–Trinajstić information content (AvgIpc) is 2.58. The molecule has 1 aliphatic heterocycles. The summed E-state index contributed by atoms with van der Waals surface area (Å²) in [5, 5.41) is 0. The number of ether oxygens (including phenoxy) is 1. The van der Waals surface area contributed by atoms with Gasteiger partial charge in [0.15, 0.2) is 0 Å². The molecule has 2 unspecified atom stereocenters. The Morgan fingerprint density at radius 1 is 1.64 bits per heavy atom. The normalized spacial score (nSPS) is 41.8. The van der Waals surface area contributed by atoms with E-state index in [1.165, 1.54) is 12.8 Å². The fraction of sp³-hybridized carbons (Fsp3) is 0.800. The van der Waals surface area contributed by atoms with Gasteiger partial charge in [-0.15, -0.1) is 0 Å². The van der Waals surface area contributed by atoms with E-state index in [0.29, 0.717) is 12.0 Å². The van der Waals surface area contributed by atoms with Crippen LogP contribution in [0.5, 0.6) is 0 Å². The standard InChI is InChI=1S/C10H16O/c1-7(2)8-4-5-10(3)9(6-8)11-10/h6-7,9H,4-5H2,1-3H3. The van der Waals surface area contributed by atoms with E-state index in [9.17, 15) is 0 Å². The summed E-state index contributed by atoms with van der Waals surface area (Å²) >= 11 is 0. The van der Waals surface area contributed by atoms with E-state index in [1.54, 1.807) is 5.57 Å². The van der Waals surface area contributed by atoms with E-state index in [4.69, 9.17) is 4.74 Å². The molecule has 1 heteroatoms. The second-order valence-corrected chi connectivity index (χ2v) is 4.25. The second-order valence-electron chi connectivity index (χ2n) is 4.25. The molecule has 1 saturated heterocycles. The van der Waals surface area contributed by atoms with E-state index in [0.717, 1.165) is 0 Å². The van der Waals surface area contributed by atoms with Gasteiger partial charge in [0.05, 0.1) is 5.60 Å². The Hall–Kier alpha value is -0.300. The molecular weight excluding hydrogens is 136 g/mol. The number of allylic oxidation sites excluding steroid dienone is 1. The molecule has 0 bridgehead atoms. The molecule has 2 rings (SSSR count). The highest BCUT2D eigenvalue weighted by Crippen LogP contribution is 2.46. The maximum Gasteiger partial charge on any atom is 0.105 e. The maximum absolute atomic E-state index is 5.57. The van der Waals surface area contributed by atoms with Gasteiger partial charge in [0.25, 0.3) is 0 Å². The molecule has 11 heavy (non-hydrogen) atoms. The van der Waals surface area contributed by atoms with Crippen LogP contribution in [0.2, 0.25) is 0 Å². The predicted octanol–water partition coefficient (Wildman–Crippen LogP) is 2.52. The largest absolute Gasteiger partial charge is 0.362 e. The molecule has 0 aromatic carbocycles. The average molecular weight is 152 g/mol. The van der Waals surface area contributed by atoms with Gasteiger partial charge in [0.1, 0.15) is 6.10 Å². The van der Waals surface area contributed by atoms with Crippen molar-refractivity contribution in [2.75, 3.05) is 0 Å². The minimum atomic E-state index is 0.235. The third-order valence-electron chi connectivity index (χ3n) is 2.96. The van der Waals surface area contributed by atoms with Gasteiger partial charge in [0.2, 0.25) is 0 Å². The zero-order valence-electron chi connectivity index (χ0n) is 7.55. The number of fused-ring (bicyclic) bond motifs is 1. The van der Waals surface area contributed by atoms with Gasteiger partial charge in [-0.05, 0) is 25.7 Å². The number of hydrogen-bond acceptors (Lipinski definition) is 1. The summed E-state index contributed by atoms with van der Waals surface area (Å²) in [6.45, 7) is 6.74. The topological polar surface area (TPSA) is 12.5 Å². The van der Waals surface area contributed by atoms with Gasteiger partial charge in [-0.3, -0.25) is 0 Å². The predicted molar refractivity (Wildman–Crippen MR) is 45.4 cm³/mol. The monoisotopic (exact) mass is 152 g/mol. The summed E-state index contributed by atoms with van der Waals surface area (Å²) in [7, 11) is 0. The van der Waals surface area contributed by atoms with E-state index in [1.807, 2.05) is 0 Å². The zero-order valence-corrected chi connectivity index (χ0v) is 7.55. The van der Waals surface area contributed by atoms with Crippen molar-refractivity contribution >= 4 is 0 Å². The quantitative estimate of drug-likeness (QED) is 0.415. The minimum absolute atomic E-state index is 0.235. The van der Waals surface area contributed by atoms with Crippen LogP contribution in [0.3, 0.4) is 0 Å². The first kappa shape index (κ1) is 7.35. The molecule has 0 spiro atoms. The first-order chi connectivity index (χ1) is 5.12. The molecule has 0 radical (unpaired) electrons. The van der Waals surface area contributed by atoms with Crippen LogP contribution in [0.15, 0.2) is 11.6 Å². The molecule has 1 fully saturated rings. The van der Waals surface area contributed by atoms with E-state index < -0.39 is 0 Å². The van der Waals surface area contributed by atoms with Gasteiger partial charge in [-0.1, -0.05) is 25.5 Å². The summed E-state index contributed by atoms with van der Waals surface area (Å²) in [6.07, 6.45) is 5.24. The minimum Gasteiger partial charge on any atom is -0.362 e. The van der Waals surface area contributed by atoms with Crippen molar-refractivity contribution in [2.45, 2.75) is 45.3 Å². The summed E-state index contributed by atoms with van der Waals surface area (Å²) in [6, 6.07) is 0. The third-order valence-corrected chi connectivity index (χ3v) is 2.96. The number of hydrogen-bond donors (Lipinski definition) is 0. The summed E-state index contributed by atoms with van der Waals surface area (Å²) in [4.78, 5) is 0. The van der Waals surface area contributed by atoms with Crippen molar-refractivity contribution in [3.05, 3.63) is 11.6 Å². The highest BCUT2D eigenvalue weighted by atomic mass is 16.6. The van der Waals surface area contributed by atoms with Crippen LogP contribution in [-0.2, 0) is 4.74 Å². The third kappa shape index (κ3) is 1.12. The molecule has 62 valence electrons. The van der Waals surface area contributed by atoms with Gasteiger partial charge in [-0.25, -0.2) is 0 Å². The Bertz CT molecular complexity index is 205. The van der Waals surface area contributed by atoms with Gasteiger partial charge in [0, 0.05) is 0 Å². The highest BCUT2D eigenvalue weighted by Gasteiger charge is 2.52. The molecule has 0 saturated carbocycles. The SMILES string of the molecule is CC(C)C1=CC2OC2(C)CC1. The van der Waals surface area contributed by atoms with E-state index >= 15 is 0 Å². The molecule has 0 amide bonds. The summed E-state index contributed by atoms with van der Waals surface area (Å²) in [5.41, 5.74) is 1.82.